The Balaban J connectivity index is 2.70. The van der Waals surface area contributed by atoms with Gasteiger partial charge < -0.3 is 35.1 Å². The van der Waals surface area contributed by atoms with E-state index in [9.17, 15) is 19.8 Å². The molecule has 9 nitrogen and oxygen atoms in total. The van der Waals surface area contributed by atoms with Gasteiger partial charge in [-0.05, 0) is 13.3 Å². The zero-order chi connectivity index (χ0) is 21.4. The van der Waals surface area contributed by atoms with E-state index in [1.54, 1.807) is 6.92 Å². The van der Waals surface area contributed by atoms with Crippen molar-refractivity contribution < 1.29 is 34.0 Å². The summed E-state index contributed by atoms with van der Waals surface area (Å²) in [6.45, 7) is 6.01. The number of carbonyl (C=O) groups excluding carboxylic acids is 2. The van der Waals surface area contributed by atoms with E-state index in [1.807, 2.05) is 13.8 Å². The van der Waals surface area contributed by atoms with E-state index < -0.39 is 29.7 Å². The average Bonchev–Trinajstić information content (AvgIpc) is 2.60. The van der Waals surface area contributed by atoms with Crippen molar-refractivity contribution in [2.45, 2.75) is 64.3 Å². The Morgan fingerprint density at radius 1 is 1.29 bits per heavy atom. The maximum absolute atomic E-state index is 12.7. The average molecular weight is 423 g/mol. The van der Waals surface area contributed by atoms with Crippen molar-refractivity contribution in [3.05, 3.63) is 0 Å². The van der Waals surface area contributed by atoms with Gasteiger partial charge in [0.1, 0.15) is 6.10 Å². The number of ether oxygens (including phenoxy) is 3. The van der Waals surface area contributed by atoms with Crippen molar-refractivity contribution in [2.75, 3.05) is 32.6 Å². The number of nitrogens with one attached hydrogen (secondary N) is 2. The molecule has 4 atom stereocenters. The minimum atomic E-state index is -1.59. The lowest BCUT2D eigenvalue weighted by atomic mass is 9.85. The number of hydrogen-bond acceptors (Lipinski definition) is 8. The Kier molecular flexibility index (Phi) is 10.2. The highest BCUT2D eigenvalue weighted by atomic mass is 32.1. The van der Waals surface area contributed by atoms with Gasteiger partial charge in [0, 0.05) is 37.8 Å². The molecular weight excluding hydrogens is 388 g/mol. The van der Waals surface area contributed by atoms with Crippen LogP contribution in [0.5, 0.6) is 0 Å². The molecular formula is C18H34N2O7S. The zero-order valence-corrected chi connectivity index (χ0v) is 18.0. The van der Waals surface area contributed by atoms with E-state index in [0.29, 0.717) is 12.3 Å². The molecule has 164 valence electrons. The van der Waals surface area contributed by atoms with Gasteiger partial charge in [0.2, 0.25) is 11.8 Å². The molecule has 1 rings (SSSR count). The summed E-state index contributed by atoms with van der Waals surface area (Å²) in [7, 11) is 1.37. The second-order valence-corrected chi connectivity index (χ2v) is 8.17. The molecule has 1 fully saturated rings. The van der Waals surface area contributed by atoms with Crippen LogP contribution in [0, 0.1) is 5.41 Å². The molecule has 28 heavy (non-hydrogen) atoms. The van der Waals surface area contributed by atoms with Crippen molar-refractivity contribution in [3.63, 3.8) is 0 Å². The molecule has 0 aromatic rings. The Morgan fingerprint density at radius 3 is 2.54 bits per heavy atom. The van der Waals surface area contributed by atoms with Gasteiger partial charge in [-0.2, -0.15) is 12.6 Å². The number of aliphatic hydroxyl groups is 2. The van der Waals surface area contributed by atoms with E-state index >= 15 is 0 Å². The second kappa shape index (κ2) is 11.3. The molecule has 4 N–H and O–H groups in total. The lowest BCUT2D eigenvalue weighted by Crippen LogP contribution is -2.60. The first kappa shape index (κ1) is 25.1. The van der Waals surface area contributed by atoms with Crippen LogP contribution in [0.15, 0.2) is 0 Å². The minimum absolute atomic E-state index is 0.0552. The molecule has 0 aromatic heterocycles. The van der Waals surface area contributed by atoms with Gasteiger partial charge in [-0.3, -0.25) is 9.59 Å². The summed E-state index contributed by atoms with van der Waals surface area (Å²) in [6, 6.07) is 0. The third-order valence-corrected chi connectivity index (χ3v) is 4.63. The molecule has 1 aliphatic rings. The van der Waals surface area contributed by atoms with Crippen LogP contribution >= 0.6 is 12.6 Å². The van der Waals surface area contributed by atoms with Crippen LogP contribution in [0.4, 0.5) is 0 Å². The first-order valence-corrected chi connectivity index (χ1v) is 10.1. The molecule has 0 bridgehead atoms. The van der Waals surface area contributed by atoms with Crippen molar-refractivity contribution in [2.24, 2.45) is 5.41 Å². The van der Waals surface area contributed by atoms with Crippen LogP contribution in [0.25, 0.3) is 0 Å². The van der Waals surface area contributed by atoms with Gasteiger partial charge in [0.15, 0.2) is 0 Å². The normalized spacial score (nSPS) is 26.3. The van der Waals surface area contributed by atoms with E-state index in [1.165, 1.54) is 7.11 Å². The molecule has 0 aromatic carbocycles. The van der Waals surface area contributed by atoms with Crippen LogP contribution in [0.2, 0.25) is 0 Å². The molecule has 10 heteroatoms. The molecule has 0 radical (unpaired) electrons. The predicted molar refractivity (Wildman–Crippen MR) is 106 cm³/mol. The number of hydrogen-bond donors (Lipinski definition) is 5. The van der Waals surface area contributed by atoms with Gasteiger partial charge in [0.05, 0.1) is 25.2 Å². The third kappa shape index (κ3) is 7.84. The molecule has 0 spiro atoms. The van der Waals surface area contributed by atoms with Gasteiger partial charge >= 0.3 is 0 Å². The van der Waals surface area contributed by atoms with Gasteiger partial charge in [-0.15, -0.1) is 0 Å². The summed E-state index contributed by atoms with van der Waals surface area (Å²) in [4.78, 5) is 24.3. The summed E-state index contributed by atoms with van der Waals surface area (Å²) in [6.07, 6.45) is -2.32. The fourth-order valence-corrected chi connectivity index (χ4v) is 3.00. The molecule has 1 heterocycles. The fraction of sp³-hybridized carbons (Fsp3) is 0.889. The van der Waals surface area contributed by atoms with Crippen molar-refractivity contribution in [3.8, 4) is 0 Å². The fourth-order valence-electron chi connectivity index (χ4n) is 2.89. The first-order valence-electron chi connectivity index (χ1n) is 9.43. The molecule has 0 aliphatic carbocycles. The van der Waals surface area contributed by atoms with E-state index in [2.05, 4.69) is 23.3 Å². The monoisotopic (exact) mass is 422 g/mol. The van der Waals surface area contributed by atoms with Crippen molar-refractivity contribution in [1.82, 2.24) is 10.6 Å². The van der Waals surface area contributed by atoms with Gasteiger partial charge in [0.25, 0.3) is 5.97 Å². The quantitative estimate of drug-likeness (QED) is 0.292. The van der Waals surface area contributed by atoms with E-state index in [-0.39, 0.29) is 44.2 Å². The maximum atomic E-state index is 12.7. The Hall–Kier alpha value is -0.910. The van der Waals surface area contributed by atoms with E-state index in [4.69, 9.17) is 14.2 Å². The van der Waals surface area contributed by atoms with Crippen molar-refractivity contribution >= 4 is 24.4 Å². The molecule has 1 aliphatic heterocycles. The third-order valence-electron chi connectivity index (χ3n) is 4.40. The van der Waals surface area contributed by atoms with Crippen LogP contribution in [-0.2, 0) is 23.8 Å². The predicted octanol–water partition coefficient (Wildman–Crippen LogP) is -0.198. The smallest absolute Gasteiger partial charge is 0.285 e. The van der Waals surface area contributed by atoms with E-state index in [0.717, 1.165) is 0 Å². The largest absolute Gasteiger partial charge is 0.393 e. The molecule has 3 unspecified atom stereocenters. The number of amides is 2. The SMILES string of the molecule is COC1(CC(O)CC(C)O)OCC(C)(C)[C@H](C(=O)NCCC(=O)NCCS)O1. The Labute approximate surface area is 171 Å². The van der Waals surface area contributed by atoms with Crippen LogP contribution < -0.4 is 10.6 Å². The van der Waals surface area contributed by atoms with Crippen LogP contribution in [0.3, 0.4) is 0 Å². The summed E-state index contributed by atoms with van der Waals surface area (Å²) in [5.74, 6) is -1.60. The highest BCUT2D eigenvalue weighted by Gasteiger charge is 2.51. The zero-order valence-electron chi connectivity index (χ0n) is 17.1. The standard InChI is InChI=1S/C18H34N2O7S/c1-12(21)9-13(22)10-18(25-4)26-11-17(2,3)15(27-18)16(24)20-6-5-14(23)19-7-8-28/h12-13,15,21-22,28H,5-11H2,1-4H3,(H,19,23)(H,20,24)/t12?,13?,15-,18?/m0/s1. The van der Waals surface area contributed by atoms with Crippen LogP contribution in [-0.4, -0.2) is 78.9 Å². The summed E-state index contributed by atoms with van der Waals surface area (Å²) in [5, 5.41) is 25.0. The topological polar surface area (TPSA) is 126 Å². The second-order valence-electron chi connectivity index (χ2n) is 7.72. The highest BCUT2D eigenvalue weighted by Crippen LogP contribution is 2.38. The number of aliphatic hydroxyl groups excluding tert-OH is 2. The Morgan fingerprint density at radius 2 is 1.96 bits per heavy atom. The molecule has 0 saturated carbocycles. The van der Waals surface area contributed by atoms with Gasteiger partial charge in [-0.1, -0.05) is 13.8 Å². The van der Waals surface area contributed by atoms with Crippen LogP contribution in [0.1, 0.15) is 40.0 Å². The lowest BCUT2D eigenvalue weighted by molar-refractivity contribution is -0.429. The van der Waals surface area contributed by atoms with Crippen molar-refractivity contribution in [1.29, 1.82) is 0 Å². The van der Waals surface area contributed by atoms with Gasteiger partial charge in [-0.25, -0.2) is 0 Å². The summed E-state index contributed by atoms with van der Waals surface area (Å²) >= 11 is 4.02. The maximum Gasteiger partial charge on any atom is 0.285 e. The number of rotatable bonds is 11. The number of thiol groups is 1. The highest BCUT2D eigenvalue weighted by molar-refractivity contribution is 7.80. The number of methoxy groups -OCH3 is 1. The summed E-state index contributed by atoms with van der Waals surface area (Å²) in [5.41, 5.74) is -0.643. The molecule has 2 amide bonds. The first-order chi connectivity index (χ1) is 13.0. The summed E-state index contributed by atoms with van der Waals surface area (Å²) < 4.78 is 16.9. The Bertz CT molecular complexity index is 518. The lowest BCUT2D eigenvalue weighted by Gasteiger charge is -2.47. The minimum Gasteiger partial charge on any atom is -0.393 e. The number of carbonyl (C=O) groups is 2. The molecule has 1 saturated heterocycles.